The molecule has 0 spiro atoms. The van der Waals surface area contributed by atoms with Gasteiger partial charge in [-0.1, -0.05) is 6.07 Å². The van der Waals surface area contributed by atoms with Gasteiger partial charge in [-0.2, -0.15) is 0 Å². The molecule has 4 heteroatoms. The van der Waals surface area contributed by atoms with Gasteiger partial charge >= 0.3 is 0 Å². The molecule has 0 bridgehead atoms. The molecule has 1 saturated heterocycles. The molecule has 0 atom stereocenters. The SMILES string of the molecule is CNC1(C)CCN(Cc2cccc(OC)n2)CC1. The minimum Gasteiger partial charge on any atom is -0.481 e. The molecule has 1 fully saturated rings. The van der Waals surface area contributed by atoms with Crippen molar-refractivity contribution in [2.45, 2.75) is 31.8 Å². The van der Waals surface area contributed by atoms with Crippen molar-refractivity contribution in [1.29, 1.82) is 0 Å². The molecule has 1 N–H and O–H groups in total. The van der Waals surface area contributed by atoms with Crippen LogP contribution < -0.4 is 10.1 Å². The third-order valence-corrected chi connectivity index (χ3v) is 3.94. The maximum absolute atomic E-state index is 5.15. The summed E-state index contributed by atoms with van der Waals surface area (Å²) in [4.78, 5) is 6.92. The molecule has 100 valence electrons. The smallest absolute Gasteiger partial charge is 0.213 e. The number of nitrogens with one attached hydrogen (secondary N) is 1. The van der Waals surface area contributed by atoms with Crippen molar-refractivity contribution in [1.82, 2.24) is 15.2 Å². The van der Waals surface area contributed by atoms with Crippen molar-refractivity contribution in [3.8, 4) is 5.88 Å². The molecule has 1 aliphatic rings. The lowest BCUT2D eigenvalue weighted by atomic mass is 9.90. The van der Waals surface area contributed by atoms with Crippen LogP contribution in [0.4, 0.5) is 0 Å². The lowest BCUT2D eigenvalue weighted by Crippen LogP contribution is -2.49. The Morgan fingerprint density at radius 3 is 2.72 bits per heavy atom. The third-order valence-electron chi connectivity index (χ3n) is 3.94. The molecular formula is C14H23N3O. The summed E-state index contributed by atoms with van der Waals surface area (Å²) < 4.78 is 5.15. The highest BCUT2D eigenvalue weighted by molar-refractivity contribution is 5.15. The van der Waals surface area contributed by atoms with Gasteiger partial charge in [-0.25, -0.2) is 4.98 Å². The Labute approximate surface area is 109 Å². The molecule has 0 radical (unpaired) electrons. The number of methoxy groups -OCH3 is 1. The van der Waals surface area contributed by atoms with Crippen LogP contribution in [-0.4, -0.2) is 42.7 Å². The van der Waals surface area contributed by atoms with E-state index in [9.17, 15) is 0 Å². The number of likely N-dealkylation sites (tertiary alicyclic amines) is 1. The van der Waals surface area contributed by atoms with E-state index < -0.39 is 0 Å². The Hall–Kier alpha value is -1.13. The van der Waals surface area contributed by atoms with Gasteiger partial charge in [0.15, 0.2) is 0 Å². The van der Waals surface area contributed by atoms with E-state index in [1.165, 1.54) is 12.8 Å². The third kappa shape index (κ3) is 3.21. The monoisotopic (exact) mass is 249 g/mol. The van der Waals surface area contributed by atoms with E-state index in [1.54, 1.807) is 7.11 Å². The van der Waals surface area contributed by atoms with Gasteiger partial charge in [-0.15, -0.1) is 0 Å². The highest BCUT2D eigenvalue weighted by Gasteiger charge is 2.28. The molecule has 0 aromatic carbocycles. The van der Waals surface area contributed by atoms with Gasteiger partial charge in [0, 0.05) is 31.2 Å². The molecule has 0 unspecified atom stereocenters. The van der Waals surface area contributed by atoms with Crippen LogP contribution in [0.5, 0.6) is 5.88 Å². The highest BCUT2D eigenvalue weighted by Crippen LogP contribution is 2.22. The van der Waals surface area contributed by atoms with Crippen LogP contribution in [0.2, 0.25) is 0 Å². The standard InChI is InChI=1S/C14H23N3O/c1-14(15-2)7-9-17(10-8-14)11-12-5-4-6-13(16-12)18-3/h4-6,15H,7-11H2,1-3H3. The molecule has 1 aromatic heterocycles. The van der Waals surface area contributed by atoms with Gasteiger partial charge in [0.1, 0.15) is 0 Å². The average Bonchev–Trinajstić information content (AvgIpc) is 2.42. The van der Waals surface area contributed by atoms with Crippen molar-refractivity contribution in [3.05, 3.63) is 23.9 Å². The van der Waals surface area contributed by atoms with Gasteiger partial charge in [0.2, 0.25) is 5.88 Å². The fourth-order valence-electron chi connectivity index (χ4n) is 2.34. The first-order valence-electron chi connectivity index (χ1n) is 6.56. The average molecular weight is 249 g/mol. The molecule has 1 aliphatic heterocycles. The van der Waals surface area contributed by atoms with Crippen LogP contribution >= 0.6 is 0 Å². The molecule has 2 rings (SSSR count). The van der Waals surface area contributed by atoms with E-state index in [0.717, 1.165) is 25.3 Å². The molecule has 0 amide bonds. The predicted molar refractivity (Wildman–Crippen MR) is 72.8 cm³/mol. The second-order valence-corrected chi connectivity index (χ2v) is 5.26. The zero-order chi connectivity index (χ0) is 13.0. The second kappa shape index (κ2) is 5.67. The maximum Gasteiger partial charge on any atom is 0.213 e. The first-order chi connectivity index (χ1) is 8.65. The number of hydrogen-bond acceptors (Lipinski definition) is 4. The summed E-state index contributed by atoms with van der Waals surface area (Å²) >= 11 is 0. The number of aromatic nitrogens is 1. The normalized spacial score (nSPS) is 19.7. The predicted octanol–water partition coefficient (Wildman–Crippen LogP) is 1.66. The van der Waals surface area contributed by atoms with Crippen LogP contribution in [-0.2, 0) is 6.54 Å². The molecule has 18 heavy (non-hydrogen) atoms. The molecule has 0 aliphatic carbocycles. The van der Waals surface area contributed by atoms with Crippen molar-refractivity contribution >= 4 is 0 Å². The van der Waals surface area contributed by atoms with E-state index >= 15 is 0 Å². The summed E-state index contributed by atoms with van der Waals surface area (Å²) in [6.45, 7) is 5.46. The maximum atomic E-state index is 5.15. The summed E-state index contributed by atoms with van der Waals surface area (Å²) in [5.74, 6) is 0.699. The van der Waals surface area contributed by atoms with Crippen molar-refractivity contribution in [2.24, 2.45) is 0 Å². The Bertz CT molecular complexity index is 386. The Morgan fingerprint density at radius 1 is 1.39 bits per heavy atom. The zero-order valence-electron chi connectivity index (χ0n) is 11.6. The number of nitrogens with zero attached hydrogens (tertiary/aromatic N) is 2. The number of pyridine rings is 1. The van der Waals surface area contributed by atoms with Crippen molar-refractivity contribution in [2.75, 3.05) is 27.2 Å². The number of piperidine rings is 1. The van der Waals surface area contributed by atoms with E-state index in [1.807, 2.05) is 12.1 Å². The van der Waals surface area contributed by atoms with Crippen molar-refractivity contribution in [3.63, 3.8) is 0 Å². The van der Waals surface area contributed by atoms with Gasteiger partial charge in [0.05, 0.1) is 12.8 Å². The van der Waals surface area contributed by atoms with Crippen LogP contribution in [0.1, 0.15) is 25.5 Å². The quantitative estimate of drug-likeness (QED) is 0.880. The molecule has 2 heterocycles. The first kappa shape index (κ1) is 13.3. The van der Waals surface area contributed by atoms with Gasteiger partial charge in [-0.3, -0.25) is 4.90 Å². The van der Waals surface area contributed by atoms with Crippen LogP contribution in [0.3, 0.4) is 0 Å². The number of rotatable bonds is 4. The van der Waals surface area contributed by atoms with Gasteiger partial charge < -0.3 is 10.1 Å². The lowest BCUT2D eigenvalue weighted by molar-refractivity contribution is 0.145. The minimum absolute atomic E-state index is 0.304. The highest BCUT2D eigenvalue weighted by atomic mass is 16.5. The van der Waals surface area contributed by atoms with Crippen LogP contribution in [0.25, 0.3) is 0 Å². The summed E-state index contributed by atoms with van der Waals surface area (Å²) in [5, 5.41) is 3.42. The minimum atomic E-state index is 0.304. The molecule has 0 saturated carbocycles. The van der Waals surface area contributed by atoms with Crippen LogP contribution in [0, 0.1) is 0 Å². The summed E-state index contributed by atoms with van der Waals surface area (Å²) in [5.41, 5.74) is 1.39. The fourth-order valence-corrected chi connectivity index (χ4v) is 2.34. The lowest BCUT2D eigenvalue weighted by Gasteiger charge is -2.39. The molecule has 1 aromatic rings. The summed E-state index contributed by atoms with van der Waals surface area (Å²) in [7, 11) is 3.71. The number of hydrogen-bond donors (Lipinski definition) is 1. The summed E-state index contributed by atoms with van der Waals surface area (Å²) in [6.07, 6.45) is 2.38. The molecular weight excluding hydrogens is 226 g/mol. The van der Waals surface area contributed by atoms with Crippen LogP contribution in [0.15, 0.2) is 18.2 Å². The van der Waals surface area contributed by atoms with E-state index in [-0.39, 0.29) is 0 Å². The second-order valence-electron chi connectivity index (χ2n) is 5.26. The van der Waals surface area contributed by atoms with Crippen molar-refractivity contribution < 1.29 is 4.74 Å². The van der Waals surface area contributed by atoms with E-state index in [2.05, 4.69) is 35.2 Å². The van der Waals surface area contributed by atoms with Gasteiger partial charge in [0.25, 0.3) is 0 Å². The van der Waals surface area contributed by atoms with E-state index in [0.29, 0.717) is 11.4 Å². The van der Waals surface area contributed by atoms with E-state index in [4.69, 9.17) is 4.74 Å². The summed E-state index contributed by atoms with van der Waals surface area (Å²) in [6, 6.07) is 5.95. The largest absolute Gasteiger partial charge is 0.481 e. The fraction of sp³-hybridized carbons (Fsp3) is 0.643. The first-order valence-corrected chi connectivity index (χ1v) is 6.56. The Kier molecular flexibility index (Phi) is 4.19. The number of ether oxygens (including phenoxy) is 1. The van der Waals surface area contributed by atoms with Gasteiger partial charge in [-0.05, 0) is 32.9 Å². The topological polar surface area (TPSA) is 37.4 Å². The zero-order valence-corrected chi connectivity index (χ0v) is 11.6. The Balaban J connectivity index is 1.91. The Morgan fingerprint density at radius 2 is 2.11 bits per heavy atom. The molecule has 4 nitrogen and oxygen atoms in total.